The van der Waals surface area contributed by atoms with Gasteiger partial charge < -0.3 is 4.90 Å². The van der Waals surface area contributed by atoms with E-state index in [0.29, 0.717) is 18.6 Å². The number of aromatic nitrogens is 2. The Morgan fingerprint density at radius 2 is 1.59 bits per heavy atom. The van der Waals surface area contributed by atoms with Gasteiger partial charge in [0.2, 0.25) is 5.91 Å². The molecule has 2 aromatic heterocycles. The van der Waals surface area contributed by atoms with E-state index in [1.54, 1.807) is 16.0 Å². The number of carbonyl (C=O) groups excluding carboxylic acids is 1. The molecule has 0 unspecified atom stereocenters. The Balaban J connectivity index is 1.27. The van der Waals surface area contributed by atoms with E-state index in [0.717, 1.165) is 68.1 Å². The molecule has 0 atom stereocenters. The van der Waals surface area contributed by atoms with Gasteiger partial charge in [-0.3, -0.25) is 19.4 Å². The highest BCUT2D eigenvalue weighted by Gasteiger charge is 2.23. The summed E-state index contributed by atoms with van der Waals surface area (Å²) in [5, 5.41) is 8.40. The highest BCUT2D eigenvalue weighted by molar-refractivity contribution is 7.13. The van der Waals surface area contributed by atoms with Gasteiger partial charge in [-0.2, -0.15) is 5.10 Å². The predicted molar refractivity (Wildman–Crippen MR) is 128 cm³/mol. The first kappa shape index (κ1) is 21.3. The van der Waals surface area contributed by atoms with Gasteiger partial charge in [-0.25, -0.2) is 4.68 Å². The Morgan fingerprint density at radius 3 is 2.31 bits per heavy atom. The summed E-state index contributed by atoms with van der Waals surface area (Å²) < 4.78 is 1.60. The molecule has 7 nitrogen and oxygen atoms in total. The lowest BCUT2D eigenvalue weighted by Crippen LogP contribution is -2.51. The SMILES string of the molecule is O=C(CN1CCN(Cn2nc(-c3cccs3)c3ccccc3c2=O)CC1)N1CCCCC1. The van der Waals surface area contributed by atoms with Gasteiger partial charge in [0.05, 0.1) is 23.5 Å². The maximum Gasteiger partial charge on any atom is 0.275 e. The van der Waals surface area contributed by atoms with Crippen LogP contribution >= 0.6 is 11.3 Å². The van der Waals surface area contributed by atoms with Gasteiger partial charge in [-0.05, 0) is 36.8 Å². The standard InChI is InChI=1S/C24H29N5O2S/c30-22(28-10-4-1-5-11-28)17-26-12-14-27(15-13-26)18-29-24(31)20-8-3-2-7-19(20)23(25-29)21-9-6-16-32-21/h2-3,6-9,16H,1,4-5,10-15,17-18H2. The third-order valence-electron chi connectivity index (χ3n) is 6.49. The van der Waals surface area contributed by atoms with E-state index in [4.69, 9.17) is 5.10 Å². The summed E-state index contributed by atoms with van der Waals surface area (Å²) in [5.41, 5.74) is 0.810. The van der Waals surface area contributed by atoms with Gasteiger partial charge in [-0.15, -0.1) is 11.3 Å². The lowest BCUT2D eigenvalue weighted by molar-refractivity contribution is -0.133. The van der Waals surface area contributed by atoms with Crippen LogP contribution in [-0.4, -0.2) is 76.2 Å². The molecule has 0 bridgehead atoms. The second-order valence-corrected chi connectivity index (χ2v) is 9.60. The summed E-state index contributed by atoms with van der Waals surface area (Å²) in [6, 6.07) is 11.8. The Hall–Kier alpha value is -2.55. The van der Waals surface area contributed by atoms with Crippen LogP contribution in [0.3, 0.4) is 0 Å². The van der Waals surface area contributed by atoms with Crippen molar-refractivity contribution >= 4 is 28.0 Å². The minimum absolute atomic E-state index is 0.0522. The van der Waals surface area contributed by atoms with Gasteiger partial charge in [0, 0.05) is 44.7 Å². The molecule has 168 valence electrons. The van der Waals surface area contributed by atoms with E-state index in [9.17, 15) is 9.59 Å². The molecule has 4 heterocycles. The zero-order valence-electron chi connectivity index (χ0n) is 18.3. The molecule has 0 spiro atoms. The first-order valence-corrected chi connectivity index (χ1v) is 12.3. The number of fused-ring (bicyclic) bond motifs is 1. The third-order valence-corrected chi connectivity index (χ3v) is 7.37. The summed E-state index contributed by atoms with van der Waals surface area (Å²) in [5.74, 6) is 0.256. The molecule has 3 aromatic rings. The van der Waals surface area contributed by atoms with Crippen molar-refractivity contribution in [1.29, 1.82) is 0 Å². The lowest BCUT2D eigenvalue weighted by Gasteiger charge is -2.36. The fourth-order valence-electron chi connectivity index (χ4n) is 4.64. The van der Waals surface area contributed by atoms with E-state index in [1.165, 1.54) is 6.42 Å². The van der Waals surface area contributed by atoms with Crippen molar-refractivity contribution in [3.8, 4) is 10.6 Å². The molecule has 2 aliphatic rings. The number of hydrogen-bond acceptors (Lipinski definition) is 6. The van der Waals surface area contributed by atoms with Crippen molar-refractivity contribution < 1.29 is 4.79 Å². The first-order valence-electron chi connectivity index (χ1n) is 11.5. The minimum atomic E-state index is -0.0522. The number of rotatable bonds is 5. The van der Waals surface area contributed by atoms with Crippen molar-refractivity contribution in [3.63, 3.8) is 0 Å². The van der Waals surface area contributed by atoms with Crippen LogP contribution in [-0.2, 0) is 11.5 Å². The van der Waals surface area contributed by atoms with Crippen molar-refractivity contribution in [2.45, 2.75) is 25.9 Å². The summed E-state index contributed by atoms with van der Waals surface area (Å²) >= 11 is 1.64. The molecule has 1 aromatic carbocycles. The Bertz CT molecular complexity index is 1130. The van der Waals surface area contributed by atoms with Gasteiger partial charge >= 0.3 is 0 Å². The zero-order chi connectivity index (χ0) is 21.9. The molecule has 0 N–H and O–H groups in total. The highest BCUT2D eigenvalue weighted by Crippen LogP contribution is 2.28. The van der Waals surface area contributed by atoms with Crippen LogP contribution in [0.25, 0.3) is 21.3 Å². The van der Waals surface area contributed by atoms with Crippen LogP contribution in [0.2, 0.25) is 0 Å². The van der Waals surface area contributed by atoms with E-state index in [2.05, 4.69) is 9.80 Å². The number of likely N-dealkylation sites (tertiary alicyclic amines) is 1. The van der Waals surface area contributed by atoms with Crippen molar-refractivity contribution in [2.24, 2.45) is 0 Å². The van der Waals surface area contributed by atoms with E-state index in [-0.39, 0.29) is 11.5 Å². The normalized spacial score (nSPS) is 18.3. The molecule has 2 aliphatic heterocycles. The van der Waals surface area contributed by atoms with Crippen molar-refractivity contribution in [2.75, 3.05) is 45.8 Å². The van der Waals surface area contributed by atoms with Crippen LogP contribution < -0.4 is 5.56 Å². The number of amides is 1. The smallest absolute Gasteiger partial charge is 0.275 e. The van der Waals surface area contributed by atoms with Gasteiger partial charge in [0.25, 0.3) is 5.56 Å². The summed E-state index contributed by atoms with van der Waals surface area (Å²) in [6.07, 6.45) is 3.49. The molecule has 8 heteroatoms. The summed E-state index contributed by atoms with van der Waals surface area (Å²) in [7, 11) is 0. The zero-order valence-corrected chi connectivity index (χ0v) is 19.1. The number of carbonyl (C=O) groups is 1. The maximum atomic E-state index is 13.1. The van der Waals surface area contributed by atoms with Crippen LogP contribution in [0.15, 0.2) is 46.6 Å². The van der Waals surface area contributed by atoms with Crippen LogP contribution in [0, 0.1) is 0 Å². The fraction of sp³-hybridized carbons (Fsp3) is 0.458. The number of nitrogens with zero attached hydrogens (tertiary/aromatic N) is 5. The largest absolute Gasteiger partial charge is 0.342 e. The molecule has 1 amide bonds. The monoisotopic (exact) mass is 451 g/mol. The second-order valence-electron chi connectivity index (χ2n) is 8.65. The molecule has 2 saturated heterocycles. The summed E-state index contributed by atoms with van der Waals surface area (Å²) in [4.78, 5) is 33.3. The number of piperazine rings is 1. The van der Waals surface area contributed by atoms with E-state index >= 15 is 0 Å². The molecule has 0 saturated carbocycles. The van der Waals surface area contributed by atoms with Crippen molar-refractivity contribution in [3.05, 3.63) is 52.1 Å². The van der Waals surface area contributed by atoms with Gasteiger partial charge in [0.1, 0.15) is 5.69 Å². The second kappa shape index (κ2) is 9.52. The van der Waals surface area contributed by atoms with Crippen molar-refractivity contribution in [1.82, 2.24) is 24.5 Å². The molecule has 5 rings (SSSR count). The average Bonchev–Trinajstić information content (AvgIpc) is 3.37. The van der Waals surface area contributed by atoms with E-state index in [1.807, 2.05) is 46.7 Å². The fourth-order valence-corrected chi connectivity index (χ4v) is 5.36. The molecular weight excluding hydrogens is 422 g/mol. The Kier molecular flexibility index (Phi) is 6.34. The van der Waals surface area contributed by atoms with Crippen LogP contribution in [0.4, 0.5) is 0 Å². The molecule has 2 fully saturated rings. The highest BCUT2D eigenvalue weighted by atomic mass is 32.1. The summed E-state index contributed by atoms with van der Waals surface area (Å²) in [6.45, 7) is 6.09. The molecule has 0 radical (unpaired) electrons. The van der Waals surface area contributed by atoms with Gasteiger partial charge in [0.15, 0.2) is 0 Å². The Morgan fingerprint density at radius 1 is 0.875 bits per heavy atom. The number of thiophene rings is 1. The van der Waals surface area contributed by atoms with E-state index < -0.39 is 0 Å². The molecular formula is C24H29N5O2S. The lowest BCUT2D eigenvalue weighted by atomic mass is 10.1. The Labute approximate surface area is 191 Å². The molecule has 32 heavy (non-hydrogen) atoms. The van der Waals surface area contributed by atoms with Gasteiger partial charge in [-0.1, -0.05) is 24.3 Å². The topological polar surface area (TPSA) is 61.7 Å². The molecule has 0 aliphatic carbocycles. The quantitative estimate of drug-likeness (QED) is 0.597. The average molecular weight is 452 g/mol. The number of piperidine rings is 1. The number of benzene rings is 1. The predicted octanol–water partition coefficient (Wildman–Crippen LogP) is 2.71. The number of hydrogen-bond donors (Lipinski definition) is 0. The minimum Gasteiger partial charge on any atom is -0.342 e. The maximum absolute atomic E-state index is 13.1. The first-order chi connectivity index (χ1) is 15.7. The third kappa shape index (κ3) is 4.48. The van der Waals surface area contributed by atoms with Crippen LogP contribution in [0.5, 0.6) is 0 Å². The van der Waals surface area contributed by atoms with Crippen LogP contribution in [0.1, 0.15) is 19.3 Å².